The number of rotatable bonds is 5. The Morgan fingerprint density at radius 1 is 1.22 bits per heavy atom. The fourth-order valence-corrected chi connectivity index (χ4v) is 2.71. The summed E-state index contributed by atoms with van der Waals surface area (Å²) in [6.07, 6.45) is 3.39. The number of nitrogens with zero attached hydrogens (tertiary/aromatic N) is 2. The molecule has 116 valence electrons. The van der Waals surface area contributed by atoms with Crippen LogP contribution in [0.4, 0.5) is 10.8 Å². The first kappa shape index (κ1) is 15.5. The topological polar surface area (TPSA) is 66.9 Å². The van der Waals surface area contributed by atoms with Crippen LogP contribution < -0.4 is 10.6 Å². The van der Waals surface area contributed by atoms with E-state index in [9.17, 15) is 4.79 Å². The van der Waals surface area contributed by atoms with Crippen LogP contribution in [0.5, 0.6) is 0 Å². The first-order valence-electron chi connectivity index (χ1n) is 6.86. The smallest absolute Gasteiger partial charge is 0.271 e. The van der Waals surface area contributed by atoms with Crippen molar-refractivity contribution in [3.63, 3.8) is 0 Å². The normalized spacial score (nSPS) is 10.3. The molecule has 5 nitrogen and oxygen atoms in total. The Kier molecular flexibility index (Phi) is 4.85. The fourth-order valence-electron chi connectivity index (χ4n) is 1.87. The molecular formula is C16H13ClN4OS. The van der Waals surface area contributed by atoms with Crippen molar-refractivity contribution < 1.29 is 4.79 Å². The standard InChI is InChI=1S/C16H13ClN4OS/c17-12-5-3-11(4-6-12)8-19-15(22)14-10-23-16(21-14)20-13-2-1-7-18-9-13/h1-7,9-10H,8H2,(H,19,22)(H,20,21). The highest BCUT2D eigenvalue weighted by molar-refractivity contribution is 7.14. The molecule has 2 heterocycles. The van der Waals surface area contributed by atoms with Gasteiger partial charge in [-0.2, -0.15) is 0 Å². The predicted molar refractivity (Wildman–Crippen MR) is 92.3 cm³/mol. The number of benzene rings is 1. The zero-order chi connectivity index (χ0) is 16.1. The lowest BCUT2D eigenvalue weighted by Gasteiger charge is -2.03. The van der Waals surface area contributed by atoms with Gasteiger partial charge in [-0.3, -0.25) is 9.78 Å². The molecule has 0 fully saturated rings. The van der Waals surface area contributed by atoms with Gasteiger partial charge in [0, 0.05) is 23.1 Å². The third-order valence-electron chi connectivity index (χ3n) is 3.02. The maximum Gasteiger partial charge on any atom is 0.271 e. The molecule has 0 unspecified atom stereocenters. The molecule has 3 rings (SSSR count). The number of carbonyl (C=O) groups is 1. The molecule has 0 aliphatic carbocycles. The van der Waals surface area contributed by atoms with Gasteiger partial charge in [-0.1, -0.05) is 23.7 Å². The van der Waals surface area contributed by atoms with Crippen molar-refractivity contribution in [3.8, 4) is 0 Å². The predicted octanol–water partition coefficient (Wildman–Crippen LogP) is 3.87. The molecule has 0 bridgehead atoms. The second kappa shape index (κ2) is 7.21. The van der Waals surface area contributed by atoms with E-state index in [1.807, 2.05) is 24.3 Å². The molecule has 7 heteroatoms. The largest absolute Gasteiger partial charge is 0.347 e. The molecule has 0 aliphatic rings. The average Bonchev–Trinajstić information content (AvgIpc) is 3.03. The zero-order valence-corrected chi connectivity index (χ0v) is 13.6. The Hall–Kier alpha value is -2.44. The minimum atomic E-state index is -0.213. The molecule has 0 radical (unpaired) electrons. The van der Waals surface area contributed by atoms with E-state index in [1.54, 1.807) is 29.9 Å². The van der Waals surface area contributed by atoms with E-state index in [0.29, 0.717) is 22.4 Å². The van der Waals surface area contributed by atoms with Gasteiger partial charge in [-0.15, -0.1) is 11.3 Å². The van der Waals surface area contributed by atoms with Gasteiger partial charge >= 0.3 is 0 Å². The quantitative estimate of drug-likeness (QED) is 0.737. The van der Waals surface area contributed by atoms with Gasteiger partial charge < -0.3 is 10.6 Å². The summed E-state index contributed by atoms with van der Waals surface area (Å²) in [5.74, 6) is -0.213. The molecule has 2 N–H and O–H groups in total. The van der Waals surface area contributed by atoms with Crippen molar-refractivity contribution in [2.24, 2.45) is 0 Å². The number of pyridine rings is 1. The lowest BCUT2D eigenvalue weighted by Crippen LogP contribution is -2.23. The van der Waals surface area contributed by atoms with E-state index < -0.39 is 0 Å². The molecule has 0 spiro atoms. The van der Waals surface area contributed by atoms with Gasteiger partial charge in [-0.25, -0.2) is 4.98 Å². The summed E-state index contributed by atoms with van der Waals surface area (Å²) < 4.78 is 0. The lowest BCUT2D eigenvalue weighted by molar-refractivity contribution is 0.0946. The van der Waals surface area contributed by atoms with Crippen LogP contribution in [0, 0.1) is 0 Å². The van der Waals surface area contributed by atoms with E-state index in [0.717, 1.165) is 11.3 Å². The van der Waals surface area contributed by atoms with E-state index in [-0.39, 0.29) is 5.91 Å². The first-order valence-corrected chi connectivity index (χ1v) is 8.12. The van der Waals surface area contributed by atoms with Crippen LogP contribution in [0.2, 0.25) is 5.02 Å². The van der Waals surface area contributed by atoms with E-state index >= 15 is 0 Å². The monoisotopic (exact) mass is 344 g/mol. The molecule has 0 aliphatic heterocycles. The van der Waals surface area contributed by atoms with Crippen LogP contribution in [0.25, 0.3) is 0 Å². The molecular weight excluding hydrogens is 332 g/mol. The summed E-state index contributed by atoms with van der Waals surface area (Å²) in [6.45, 7) is 0.429. The van der Waals surface area contributed by atoms with Crippen molar-refractivity contribution in [2.75, 3.05) is 5.32 Å². The van der Waals surface area contributed by atoms with Crippen LogP contribution in [0.1, 0.15) is 16.1 Å². The van der Waals surface area contributed by atoms with E-state index in [2.05, 4.69) is 20.6 Å². The number of halogens is 1. The number of hydrogen-bond acceptors (Lipinski definition) is 5. The number of nitrogens with one attached hydrogen (secondary N) is 2. The Bertz CT molecular complexity index is 789. The van der Waals surface area contributed by atoms with Gasteiger partial charge in [0.2, 0.25) is 0 Å². The lowest BCUT2D eigenvalue weighted by atomic mass is 10.2. The Morgan fingerprint density at radius 3 is 2.78 bits per heavy atom. The first-order chi connectivity index (χ1) is 11.2. The Balaban J connectivity index is 1.59. The highest BCUT2D eigenvalue weighted by Gasteiger charge is 2.10. The summed E-state index contributed by atoms with van der Waals surface area (Å²) in [5.41, 5.74) is 2.19. The third-order valence-corrected chi connectivity index (χ3v) is 4.03. The zero-order valence-electron chi connectivity index (χ0n) is 12.0. The molecule has 2 aromatic heterocycles. The second-order valence-electron chi connectivity index (χ2n) is 4.71. The molecule has 1 amide bonds. The molecule has 0 atom stereocenters. The maximum absolute atomic E-state index is 12.1. The summed E-state index contributed by atoms with van der Waals surface area (Å²) in [6, 6.07) is 11.0. The van der Waals surface area contributed by atoms with Gasteiger partial charge in [0.25, 0.3) is 5.91 Å². The Labute approximate surface area is 142 Å². The number of amides is 1. The van der Waals surface area contributed by atoms with E-state index in [1.165, 1.54) is 11.3 Å². The van der Waals surface area contributed by atoms with Crippen LogP contribution in [0.3, 0.4) is 0 Å². The molecule has 1 aromatic carbocycles. The number of anilines is 2. The average molecular weight is 345 g/mol. The van der Waals surface area contributed by atoms with Crippen molar-refractivity contribution >= 4 is 39.7 Å². The molecule has 23 heavy (non-hydrogen) atoms. The Morgan fingerprint density at radius 2 is 2.04 bits per heavy atom. The fraction of sp³-hybridized carbons (Fsp3) is 0.0625. The van der Waals surface area contributed by atoms with Crippen molar-refractivity contribution in [2.45, 2.75) is 6.54 Å². The summed E-state index contributed by atoms with van der Waals surface area (Å²) in [4.78, 5) is 20.4. The SMILES string of the molecule is O=C(NCc1ccc(Cl)cc1)c1csc(Nc2cccnc2)n1. The molecule has 0 saturated carbocycles. The van der Waals surface area contributed by atoms with Crippen LogP contribution in [0.15, 0.2) is 54.2 Å². The van der Waals surface area contributed by atoms with Gasteiger partial charge in [0.05, 0.1) is 11.9 Å². The third kappa shape index (κ3) is 4.28. The number of aromatic nitrogens is 2. The van der Waals surface area contributed by atoms with Crippen molar-refractivity contribution in [1.29, 1.82) is 0 Å². The molecule has 0 saturated heterocycles. The minimum Gasteiger partial charge on any atom is -0.347 e. The van der Waals surface area contributed by atoms with E-state index in [4.69, 9.17) is 11.6 Å². The summed E-state index contributed by atoms with van der Waals surface area (Å²) in [7, 11) is 0. The maximum atomic E-state index is 12.1. The van der Waals surface area contributed by atoms with Crippen LogP contribution in [-0.2, 0) is 6.54 Å². The number of carbonyl (C=O) groups excluding carboxylic acids is 1. The number of thiazole rings is 1. The minimum absolute atomic E-state index is 0.213. The van der Waals surface area contributed by atoms with Gasteiger partial charge in [-0.05, 0) is 29.8 Å². The van der Waals surface area contributed by atoms with Gasteiger partial charge in [0.15, 0.2) is 5.13 Å². The van der Waals surface area contributed by atoms with Crippen LogP contribution >= 0.6 is 22.9 Å². The van der Waals surface area contributed by atoms with Crippen LogP contribution in [-0.4, -0.2) is 15.9 Å². The highest BCUT2D eigenvalue weighted by Crippen LogP contribution is 2.20. The second-order valence-corrected chi connectivity index (χ2v) is 6.01. The van der Waals surface area contributed by atoms with Gasteiger partial charge in [0.1, 0.15) is 5.69 Å². The number of hydrogen-bond donors (Lipinski definition) is 2. The summed E-state index contributed by atoms with van der Waals surface area (Å²) in [5, 5.41) is 8.98. The molecule has 3 aromatic rings. The summed E-state index contributed by atoms with van der Waals surface area (Å²) >= 11 is 7.20. The highest BCUT2D eigenvalue weighted by atomic mass is 35.5. The van der Waals surface area contributed by atoms with Crippen molar-refractivity contribution in [3.05, 3.63) is 70.5 Å². The van der Waals surface area contributed by atoms with Crippen molar-refractivity contribution in [1.82, 2.24) is 15.3 Å².